The second kappa shape index (κ2) is 4.89. The van der Waals surface area contributed by atoms with Crippen LogP contribution in [0.1, 0.15) is 27.9 Å². The van der Waals surface area contributed by atoms with Crippen molar-refractivity contribution >= 4 is 23.0 Å². The summed E-state index contributed by atoms with van der Waals surface area (Å²) in [6.45, 7) is 0. The van der Waals surface area contributed by atoms with E-state index in [1.54, 1.807) is 18.2 Å². The number of nitrogens with two attached hydrogens (primary N) is 2. The Kier molecular flexibility index (Phi) is 3.06. The van der Waals surface area contributed by atoms with E-state index in [-0.39, 0.29) is 5.91 Å². The van der Waals surface area contributed by atoms with Crippen LogP contribution in [0.2, 0.25) is 0 Å². The van der Waals surface area contributed by atoms with Crippen LogP contribution in [0.3, 0.4) is 0 Å². The first-order chi connectivity index (χ1) is 9.63. The zero-order chi connectivity index (χ0) is 14.1. The van der Waals surface area contributed by atoms with Crippen LogP contribution in [0.25, 0.3) is 0 Å². The molecule has 3 rings (SSSR count). The number of fused-ring (bicyclic) bond motifs is 1. The molecule has 20 heavy (non-hydrogen) atoms. The molecule has 1 aliphatic carbocycles. The summed E-state index contributed by atoms with van der Waals surface area (Å²) >= 11 is 0. The van der Waals surface area contributed by atoms with Crippen LogP contribution in [0.5, 0.6) is 0 Å². The number of nitrogens with one attached hydrogen (secondary N) is 1. The van der Waals surface area contributed by atoms with Gasteiger partial charge in [-0.05, 0) is 60.7 Å². The first-order valence-electron chi connectivity index (χ1n) is 6.71. The Morgan fingerprint density at radius 3 is 2.60 bits per heavy atom. The normalized spacial score (nSPS) is 13.0. The molecule has 102 valence electrons. The van der Waals surface area contributed by atoms with Crippen molar-refractivity contribution in [3.8, 4) is 0 Å². The number of carbonyl (C=O) groups is 1. The van der Waals surface area contributed by atoms with E-state index in [1.807, 2.05) is 12.1 Å². The van der Waals surface area contributed by atoms with Crippen LogP contribution < -0.4 is 16.8 Å². The second-order valence-electron chi connectivity index (χ2n) is 5.14. The van der Waals surface area contributed by atoms with E-state index in [0.717, 1.165) is 18.5 Å². The molecule has 5 N–H and O–H groups in total. The van der Waals surface area contributed by atoms with Gasteiger partial charge in [0, 0.05) is 17.1 Å². The van der Waals surface area contributed by atoms with E-state index in [0.29, 0.717) is 16.9 Å². The number of benzene rings is 2. The standard InChI is InChI=1S/C16H17N3O/c17-12-5-7-14(15(18)9-12)16(20)19-13-6-4-10-2-1-3-11(10)8-13/h4-9H,1-3,17-18H2,(H,19,20). The Hall–Kier alpha value is -2.49. The highest BCUT2D eigenvalue weighted by Gasteiger charge is 2.13. The summed E-state index contributed by atoms with van der Waals surface area (Å²) in [5, 5.41) is 2.89. The van der Waals surface area contributed by atoms with Crippen molar-refractivity contribution in [1.82, 2.24) is 0 Å². The molecule has 0 aromatic heterocycles. The third-order valence-corrected chi connectivity index (χ3v) is 3.68. The smallest absolute Gasteiger partial charge is 0.257 e. The minimum absolute atomic E-state index is 0.208. The molecule has 4 nitrogen and oxygen atoms in total. The van der Waals surface area contributed by atoms with Gasteiger partial charge in [0.2, 0.25) is 0 Å². The number of aryl methyl sites for hydroxylation is 2. The predicted molar refractivity (Wildman–Crippen MR) is 81.7 cm³/mol. The molecule has 1 aliphatic rings. The van der Waals surface area contributed by atoms with Crippen LogP contribution in [0, 0.1) is 0 Å². The summed E-state index contributed by atoms with van der Waals surface area (Å²) in [5.74, 6) is -0.208. The Morgan fingerprint density at radius 2 is 1.80 bits per heavy atom. The SMILES string of the molecule is Nc1ccc(C(=O)Nc2ccc3c(c2)CCC3)c(N)c1. The lowest BCUT2D eigenvalue weighted by atomic mass is 10.1. The van der Waals surface area contributed by atoms with Crippen molar-refractivity contribution < 1.29 is 4.79 Å². The Morgan fingerprint density at radius 1 is 1.00 bits per heavy atom. The molecule has 2 aromatic rings. The molecule has 0 heterocycles. The zero-order valence-corrected chi connectivity index (χ0v) is 11.1. The van der Waals surface area contributed by atoms with Gasteiger partial charge < -0.3 is 16.8 Å². The van der Waals surface area contributed by atoms with E-state index >= 15 is 0 Å². The molecule has 4 heteroatoms. The first-order valence-corrected chi connectivity index (χ1v) is 6.71. The fourth-order valence-corrected chi connectivity index (χ4v) is 2.64. The number of hydrogen-bond acceptors (Lipinski definition) is 3. The average Bonchev–Trinajstić information content (AvgIpc) is 2.85. The summed E-state index contributed by atoms with van der Waals surface area (Å²) in [7, 11) is 0. The maximum Gasteiger partial charge on any atom is 0.257 e. The minimum Gasteiger partial charge on any atom is -0.399 e. The minimum atomic E-state index is -0.208. The molecule has 0 saturated heterocycles. The highest BCUT2D eigenvalue weighted by molar-refractivity contribution is 6.08. The quantitative estimate of drug-likeness (QED) is 0.731. The van der Waals surface area contributed by atoms with E-state index in [4.69, 9.17) is 11.5 Å². The molecule has 0 saturated carbocycles. The number of rotatable bonds is 2. The maximum absolute atomic E-state index is 12.2. The summed E-state index contributed by atoms with van der Waals surface area (Å²) in [5.41, 5.74) is 16.4. The van der Waals surface area contributed by atoms with E-state index in [1.165, 1.54) is 17.5 Å². The molecule has 0 atom stereocenters. The summed E-state index contributed by atoms with van der Waals surface area (Å²) < 4.78 is 0. The molecule has 0 fully saturated rings. The number of carbonyl (C=O) groups excluding carboxylic acids is 1. The second-order valence-corrected chi connectivity index (χ2v) is 5.14. The number of hydrogen-bond donors (Lipinski definition) is 3. The Labute approximate surface area is 117 Å². The predicted octanol–water partition coefficient (Wildman–Crippen LogP) is 2.59. The lowest BCUT2D eigenvalue weighted by Gasteiger charge is -2.09. The maximum atomic E-state index is 12.2. The van der Waals surface area contributed by atoms with Crippen molar-refractivity contribution in [2.75, 3.05) is 16.8 Å². The number of amides is 1. The Bertz CT molecular complexity index is 679. The highest BCUT2D eigenvalue weighted by Crippen LogP contribution is 2.25. The molecular formula is C16H17N3O. The third-order valence-electron chi connectivity index (χ3n) is 3.68. The van der Waals surface area contributed by atoms with Gasteiger partial charge in [-0.2, -0.15) is 0 Å². The lowest BCUT2D eigenvalue weighted by Crippen LogP contribution is -2.14. The van der Waals surface area contributed by atoms with E-state index < -0.39 is 0 Å². The van der Waals surface area contributed by atoms with Crippen LogP contribution in [0.4, 0.5) is 17.1 Å². The number of nitrogen functional groups attached to an aromatic ring is 2. The van der Waals surface area contributed by atoms with E-state index in [2.05, 4.69) is 11.4 Å². The Balaban J connectivity index is 1.82. The summed E-state index contributed by atoms with van der Waals surface area (Å²) in [4.78, 5) is 12.2. The fourth-order valence-electron chi connectivity index (χ4n) is 2.64. The molecular weight excluding hydrogens is 250 g/mol. The van der Waals surface area contributed by atoms with Crippen molar-refractivity contribution in [2.45, 2.75) is 19.3 Å². The molecule has 0 bridgehead atoms. The first kappa shape index (κ1) is 12.5. The van der Waals surface area contributed by atoms with Gasteiger partial charge in [0.15, 0.2) is 0 Å². The van der Waals surface area contributed by atoms with Gasteiger partial charge in [-0.15, -0.1) is 0 Å². The summed E-state index contributed by atoms with van der Waals surface area (Å²) in [6.07, 6.45) is 3.41. The molecule has 2 aromatic carbocycles. The van der Waals surface area contributed by atoms with Crippen LogP contribution in [-0.4, -0.2) is 5.91 Å². The van der Waals surface area contributed by atoms with Crippen molar-refractivity contribution in [3.63, 3.8) is 0 Å². The van der Waals surface area contributed by atoms with Gasteiger partial charge >= 0.3 is 0 Å². The van der Waals surface area contributed by atoms with Crippen molar-refractivity contribution in [2.24, 2.45) is 0 Å². The molecule has 0 spiro atoms. The van der Waals surface area contributed by atoms with Crippen LogP contribution in [-0.2, 0) is 12.8 Å². The monoisotopic (exact) mass is 267 g/mol. The summed E-state index contributed by atoms with van der Waals surface area (Å²) in [6, 6.07) is 11.0. The van der Waals surface area contributed by atoms with Gasteiger partial charge in [0.1, 0.15) is 0 Å². The fraction of sp³-hybridized carbons (Fsp3) is 0.188. The van der Waals surface area contributed by atoms with Crippen LogP contribution in [0.15, 0.2) is 36.4 Å². The van der Waals surface area contributed by atoms with Crippen molar-refractivity contribution in [3.05, 3.63) is 53.1 Å². The largest absolute Gasteiger partial charge is 0.399 e. The zero-order valence-electron chi connectivity index (χ0n) is 11.1. The van der Waals surface area contributed by atoms with Gasteiger partial charge in [0.05, 0.1) is 5.56 Å². The average molecular weight is 267 g/mol. The van der Waals surface area contributed by atoms with Gasteiger partial charge in [-0.25, -0.2) is 0 Å². The van der Waals surface area contributed by atoms with Gasteiger partial charge in [-0.3, -0.25) is 4.79 Å². The molecule has 0 radical (unpaired) electrons. The topological polar surface area (TPSA) is 81.1 Å². The van der Waals surface area contributed by atoms with Crippen LogP contribution >= 0.6 is 0 Å². The highest BCUT2D eigenvalue weighted by atomic mass is 16.1. The van der Waals surface area contributed by atoms with Crippen molar-refractivity contribution in [1.29, 1.82) is 0 Å². The van der Waals surface area contributed by atoms with Gasteiger partial charge in [-0.1, -0.05) is 6.07 Å². The number of anilines is 3. The van der Waals surface area contributed by atoms with E-state index in [9.17, 15) is 4.79 Å². The molecule has 0 unspecified atom stereocenters. The molecule has 1 amide bonds. The van der Waals surface area contributed by atoms with Gasteiger partial charge in [0.25, 0.3) is 5.91 Å². The lowest BCUT2D eigenvalue weighted by molar-refractivity contribution is 0.102. The third kappa shape index (κ3) is 2.32. The molecule has 0 aliphatic heterocycles.